The van der Waals surface area contributed by atoms with Crippen LogP contribution in [-0.2, 0) is 27.4 Å². The third kappa shape index (κ3) is 9.39. The minimum Gasteiger partial charge on any atom is -0.281 e. The Kier molecular flexibility index (Phi) is 15.4. The molecule has 3 aromatic rings. The minimum atomic E-state index is -5.45. The molecular weight excluding hydrogens is 486 g/mol. The predicted octanol–water partition coefficient (Wildman–Crippen LogP) is 8.52. The molecule has 0 fully saturated rings. The van der Waals surface area contributed by atoms with Gasteiger partial charge in [-0.05, 0) is 48.4 Å². The molecule has 0 bridgehead atoms. The molecule has 7 heteroatoms. The van der Waals surface area contributed by atoms with E-state index in [0.29, 0.717) is 5.56 Å². The first-order chi connectivity index (χ1) is 16.7. The molecule has 35 heavy (non-hydrogen) atoms. The Bertz CT molecular complexity index is 1000. The summed E-state index contributed by atoms with van der Waals surface area (Å²) < 4.78 is 58.3. The van der Waals surface area contributed by atoms with E-state index in [1.165, 1.54) is 0 Å². The maximum absolute atomic E-state index is 13.8. The number of hydrogen-bond acceptors (Lipinski definition) is 2. The molecule has 0 radical (unpaired) electrons. The van der Waals surface area contributed by atoms with Crippen LogP contribution in [0.25, 0.3) is 0 Å². The van der Waals surface area contributed by atoms with Gasteiger partial charge >= 0.3 is 15.4 Å². The van der Waals surface area contributed by atoms with E-state index in [-0.39, 0.29) is 17.3 Å². The lowest BCUT2D eigenvalue weighted by Crippen LogP contribution is -2.36. The second-order valence-electron chi connectivity index (χ2n) is 6.72. The van der Waals surface area contributed by atoms with Crippen molar-refractivity contribution in [1.29, 1.82) is 0 Å². The van der Waals surface area contributed by atoms with Crippen molar-refractivity contribution < 1.29 is 21.8 Å². The van der Waals surface area contributed by atoms with Crippen LogP contribution in [0.2, 0.25) is 0 Å². The van der Waals surface area contributed by atoms with Crippen molar-refractivity contribution in [1.82, 2.24) is 0 Å². The molecule has 3 aromatic carbocycles. The first-order valence-corrected chi connectivity index (χ1v) is 14.6. The topological polar surface area (TPSA) is 54.4 Å². The minimum absolute atomic E-state index is 0.169. The lowest BCUT2D eigenvalue weighted by Gasteiger charge is -2.20. The highest BCUT2D eigenvalue weighted by molar-refractivity contribution is 7.97. The van der Waals surface area contributed by atoms with Crippen molar-refractivity contribution >= 4 is 21.0 Å². The van der Waals surface area contributed by atoms with E-state index in [4.69, 9.17) is 4.55 Å². The Morgan fingerprint density at radius 1 is 0.714 bits per heavy atom. The van der Waals surface area contributed by atoms with Gasteiger partial charge in [-0.1, -0.05) is 97.0 Å². The lowest BCUT2D eigenvalue weighted by molar-refractivity contribution is 0.0254. The average molecular weight is 526 g/mol. The Hall–Kier alpha value is -2.22. The van der Waals surface area contributed by atoms with Crippen LogP contribution in [0.15, 0.2) is 99.6 Å². The summed E-state index contributed by atoms with van der Waals surface area (Å²) in [5, 5.41) is -4.19. The summed E-state index contributed by atoms with van der Waals surface area (Å²) in [5.41, 5.74) is 0.578. The zero-order valence-electron chi connectivity index (χ0n) is 21.7. The van der Waals surface area contributed by atoms with E-state index in [1.54, 1.807) is 12.1 Å². The van der Waals surface area contributed by atoms with Crippen LogP contribution in [0.1, 0.15) is 54.0 Å². The van der Waals surface area contributed by atoms with E-state index in [0.717, 1.165) is 21.6 Å². The maximum atomic E-state index is 13.8. The molecule has 0 amide bonds. The van der Waals surface area contributed by atoms with Gasteiger partial charge in [-0.2, -0.15) is 17.2 Å². The lowest BCUT2D eigenvalue weighted by atomic mass is 10.0. The van der Waals surface area contributed by atoms with E-state index in [2.05, 4.69) is 24.3 Å². The number of alkyl halides is 2. The van der Waals surface area contributed by atoms with Crippen LogP contribution < -0.4 is 0 Å². The molecule has 3 nitrogen and oxygen atoms in total. The van der Waals surface area contributed by atoms with Crippen LogP contribution in [0.3, 0.4) is 0 Å². The van der Waals surface area contributed by atoms with Crippen LogP contribution in [0.5, 0.6) is 0 Å². The van der Waals surface area contributed by atoms with Gasteiger partial charge in [0.15, 0.2) is 14.7 Å². The first-order valence-electron chi connectivity index (χ1n) is 12.0. The van der Waals surface area contributed by atoms with Gasteiger partial charge in [-0.15, -0.1) is 0 Å². The number of benzene rings is 3. The zero-order chi connectivity index (χ0) is 27.1. The molecular formula is C28H39F2O3S2+. The number of hydrogen-bond donors (Lipinski definition) is 1. The van der Waals surface area contributed by atoms with Crippen LogP contribution >= 0.6 is 0 Å². The van der Waals surface area contributed by atoms with Crippen molar-refractivity contribution in [3.05, 3.63) is 90.5 Å². The van der Waals surface area contributed by atoms with E-state index in [1.807, 2.05) is 90.1 Å². The largest absolute Gasteiger partial charge is 0.372 e. The number of halogens is 2. The summed E-state index contributed by atoms with van der Waals surface area (Å²) >= 11 is 0. The summed E-state index contributed by atoms with van der Waals surface area (Å²) in [6.45, 7) is 13.1. The molecule has 194 valence electrons. The zero-order valence-corrected chi connectivity index (χ0v) is 23.3. The van der Waals surface area contributed by atoms with Crippen molar-refractivity contribution in [2.75, 3.05) is 0 Å². The number of rotatable bonds is 7. The van der Waals surface area contributed by atoms with Crippen LogP contribution in [-0.4, -0.2) is 18.2 Å². The van der Waals surface area contributed by atoms with E-state index < -0.39 is 21.3 Å². The Morgan fingerprint density at radius 3 is 1.40 bits per heavy atom. The molecule has 3 rings (SSSR count). The summed E-state index contributed by atoms with van der Waals surface area (Å²) in [5.74, 6) is -1.55. The fraction of sp³-hybridized carbons (Fsp3) is 0.357. The summed E-state index contributed by atoms with van der Waals surface area (Å²) in [7, 11) is -5.80. The summed E-state index contributed by atoms with van der Waals surface area (Å²) in [6, 6.07) is 27.3. The quantitative estimate of drug-likeness (QED) is 0.248. The highest BCUT2D eigenvalue weighted by Gasteiger charge is 2.49. The van der Waals surface area contributed by atoms with Gasteiger partial charge in [0.05, 0.1) is 10.9 Å². The Labute approximate surface area is 213 Å². The second-order valence-corrected chi connectivity index (χ2v) is 10.2. The molecule has 0 aliphatic rings. The first kappa shape index (κ1) is 32.8. The van der Waals surface area contributed by atoms with Gasteiger partial charge in [0.2, 0.25) is 0 Å². The van der Waals surface area contributed by atoms with Gasteiger partial charge in [0.1, 0.15) is 0 Å². The predicted molar refractivity (Wildman–Crippen MR) is 145 cm³/mol. The molecule has 0 aliphatic carbocycles. The molecule has 1 atom stereocenters. The second kappa shape index (κ2) is 16.5. The van der Waals surface area contributed by atoms with Gasteiger partial charge in [-0.25, -0.2) is 0 Å². The fourth-order valence-electron chi connectivity index (χ4n) is 3.01. The molecule has 0 saturated carbocycles. The fourth-order valence-corrected chi connectivity index (χ4v) is 5.68. The molecule has 0 saturated heterocycles. The molecule has 0 spiro atoms. The van der Waals surface area contributed by atoms with Crippen molar-refractivity contribution in [2.45, 2.75) is 74.8 Å². The average Bonchev–Trinajstić information content (AvgIpc) is 2.89. The maximum Gasteiger partial charge on any atom is 0.372 e. The summed E-state index contributed by atoms with van der Waals surface area (Å²) in [4.78, 5) is 3.30. The molecule has 0 aliphatic heterocycles. The highest BCUT2D eigenvalue weighted by atomic mass is 32.2. The monoisotopic (exact) mass is 525 g/mol. The molecule has 0 heterocycles. The van der Waals surface area contributed by atoms with Gasteiger partial charge in [0.25, 0.3) is 0 Å². The third-order valence-corrected chi connectivity index (χ3v) is 7.90. The van der Waals surface area contributed by atoms with Crippen LogP contribution in [0, 0.1) is 5.92 Å². The molecule has 0 aromatic heterocycles. The van der Waals surface area contributed by atoms with Crippen molar-refractivity contribution in [3.63, 3.8) is 0 Å². The van der Waals surface area contributed by atoms with Crippen molar-refractivity contribution in [2.24, 2.45) is 5.92 Å². The molecule has 1 N–H and O–H groups in total. The van der Waals surface area contributed by atoms with E-state index in [9.17, 15) is 17.2 Å². The van der Waals surface area contributed by atoms with Gasteiger partial charge in [0, 0.05) is 5.92 Å². The van der Waals surface area contributed by atoms with Gasteiger partial charge < -0.3 is 0 Å². The van der Waals surface area contributed by atoms with Gasteiger partial charge in [-0.3, -0.25) is 4.55 Å². The van der Waals surface area contributed by atoms with E-state index >= 15 is 0 Å². The standard InChI is InChI=1S/C22H20F2O3S2.3C2H6/c1-17(22(23,24)29(25,26)27)16-18-12-14-21(15-13-18)28(19-8-4-2-5-9-19)20-10-6-3-7-11-20;3*1-2/h2-15,17H,16H2,1H3;3*1-2H3/p+1. The summed E-state index contributed by atoms with van der Waals surface area (Å²) in [6.07, 6.45) is -0.169. The smallest absolute Gasteiger partial charge is 0.281 e. The Morgan fingerprint density at radius 2 is 1.06 bits per heavy atom. The van der Waals surface area contributed by atoms with Crippen LogP contribution in [0.4, 0.5) is 8.78 Å². The van der Waals surface area contributed by atoms with Crippen molar-refractivity contribution in [3.8, 4) is 0 Å². The third-order valence-electron chi connectivity index (χ3n) is 4.58. The molecule has 1 unspecified atom stereocenters. The Balaban J connectivity index is 0.00000179. The normalized spacial score (nSPS) is 11.6. The SMILES string of the molecule is CC.CC.CC.CC(Cc1ccc([S+](c2ccccc2)c2ccccc2)cc1)C(F)(F)S(=O)(=O)O. The highest BCUT2D eigenvalue weighted by Crippen LogP contribution is 2.34.